The van der Waals surface area contributed by atoms with E-state index in [0.717, 1.165) is 0 Å². The van der Waals surface area contributed by atoms with Crippen LogP contribution >= 0.6 is 7.82 Å². The molecule has 0 aliphatic heterocycles. The highest BCUT2D eigenvalue weighted by Crippen LogP contribution is 2.48. The largest absolute Gasteiger partial charge is 0.538 e. The Balaban J connectivity index is 4.02. The minimum absolute atomic E-state index is 0.481. The number of hydrogen-bond donors (Lipinski definition) is 0. The topological polar surface area (TPSA) is 44.8 Å². The summed E-state index contributed by atoms with van der Waals surface area (Å²) in [4.78, 5) is 0. The number of halogens is 2. The summed E-state index contributed by atoms with van der Waals surface area (Å²) in [7, 11) is -3.97. The van der Waals surface area contributed by atoms with E-state index in [0.29, 0.717) is 0 Å². The molecule has 13 heavy (non-hydrogen) atoms. The van der Waals surface area contributed by atoms with Crippen molar-refractivity contribution >= 4 is 7.82 Å². The molecule has 0 amide bonds. The molecule has 0 atom stereocenters. The summed E-state index contributed by atoms with van der Waals surface area (Å²) in [6, 6.07) is 0. The van der Waals surface area contributed by atoms with Gasteiger partial charge in [-0.15, -0.1) is 0 Å². The van der Waals surface area contributed by atoms with Crippen molar-refractivity contribution in [2.24, 2.45) is 0 Å². The third-order valence-electron chi connectivity index (χ3n) is 0.818. The van der Waals surface area contributed by atoms with Crippen LogP contribution in [0.5, 0.6) is 0 Å². The zero-order valence-corrected chi connectivity index (χ0v) is 7.64. The van der Waals surface area contributed by atoms with E-state index < -0.39 is 34.4 Å². The molecule has 0 bridgehead atoms. The Labute approximate surface area is 74.8 Å². The fraction of sp³-hybridized carbons (Fsp3) is 0.667. The normalized spacial score (nSPS) is 10.8. The molecule has 0 spiro atoms. The van der Waals surface area contributed by atoms with Gasteiger partial charge in [-0.2, -0.15) is 0 Å². The Bertz CT molecular complexity index is 203. The van der Waals surface area contributed by atoms with Crippen LogP contribution in [-0.4, -0.2) is 26.6 Å². The van der Waals surface area contributed by atoms with Crippen LogP contribution < -0.4 is 0 Å². The van der Waals surface area contributed by atoms with Gasteiger partial charge in [-0.3, -0.25) is 9.05 Å². The van der Waals surface area contributed by atoms with Gasteiger partial charge >= 0.3 is 7.82 Å². The lowest BCUT2D eigenvalue weighted by Gasteiger charge is -2.12. The predicted molar refractivity (Wildman–Crippen MR) is 41.4 cm³/mol. The molecule has 0 aromatic carbocycles. The Morgan fingerprint density at radius 1 is 1.23 bits per heavy atom. The lowest BCUT2D eigenvalue weighted by atomic mass is 10.9. The van der Waals surface area contributed by atoms with Crippen LogP contribution in [0.3, 0.4) is 0 Å². The van der Waals surface area contributed by atoms with E-state index in [1.807, 2.05) is 0 Å². The molecule has 0 saturated carbocycles. The summed E-state index contributed by atoms with van der Waals surface area (Å²) < 4.78 is 47.2. The highest BCUT2D eigenvalue weighted by molar-refractivity contribution is 7.48. The van der Waals surface area contributed by atoms with Gasteiger partial charge in [-0.25, -0.2) is 13.3 Å². The van der Waals surface area contributed by atoms with Gasteiger partial charge in [0.1, 0.15) is 19.5 Å². The van der Waals surface area contributed by atoms with E-state index in [9.17, 15) is 13.3 Å². The van der Waals surface area contributed by atoms with Crippen LogP contribution in [0, 0.1) is 12.5 Å². The fourth-order valence-corrected chi connectivity index (χ4v) is 1.34. The van der Waals surface area contributed by atoms with E-state index in [1.54, 1.807) is 6.11 Å². The Hall–Kier alpha value is -0.630. The maximum absolute atomic E-state index is 11.6. The molecule has 76 valence electrons. The van der Waals surface area contributed by atoms with Crippen LogP contribution in [0.15, 0.2) is 0 Å². The minimum atomic E-state index is -3.97. The van der Waals surface area contributed by atoms with Crippen molar-refractivity contribution in [1.82, 2.24) is 0 Å². The van der Waals surface area contributed by atoms with Crippen molar-refractivity contribution in [2.45, 2.75) is 0 Å². The molecule has 4 nitrogen and oxygen atoms in total. The van der Waals surface area contributed by atoms with Crippen LogP contribution in [0.1, 0.15) is 0 Å². The molecule has 0 aromatic heterocycles. The third kappa shape index (κ3) is 5.58. The van der Waals surface area contributed by atoms with Crippen molar-refractivity contribution in [1.29, 1.82) is 0 Å². The number of terminal acetylenes is 1. The second kappa shape index (κ2) is 6.84. The van der Waals surface area contributed by atoms with E-state index in [4.69, 9.17) is 0 Å². The smallest absolute Gasteiger partial charge is 0.350 e. The number of alkyl halides is 2. The maximum Gasteiger partial charge on any atom is 0.538 e. The van der Waals surface area contributed by atoms with Gasteiger partial charge in [0.05, 0.1) is 13.2 Å². The minimum Gasteiger partial charge on any atom is -0.350 e. The average Bonchev–Trinajstić information content (AvgIpc) is 2.12. The molecule has 0 N–H and O–H groups in total. The quantitative estimate of drug-likeness (QED) is 0.477. The molecule has 0 aromatic rings. The molecular weight excluding hydrogens is 205 g/mol. The molecule has 0 rings (SSSR count). The summed E-state index contributed by atoms with van der Waals surface area (Å²) in [5, 5.41) is 0. The first kappa shape index (κ1) is 12.4. The lowest BCUT2D eigenvalue weighted by molar-refractivity contribution is 0.133. The van der Waals surface area contributed by atoms with Gasteiger partial charge < -0.3 is 4.52 Å². The van der Waals surface area contributed by atoms with E-state index in [-0.39, 0.29) is 0 Å². The molecule has 0 saturated heterocycles. The molecular formula is C6H9F2O4P. The standard InChI is InChI=1S/C6H9F2O4P/c1-2-10-13(9,11-5-3-7)12-6-4-8/h1H,3-6H2. The monoisotopic (exact) mass is 214 g/mol. The van der Waals surface area contributed by atoms with Crippen LogP contribution in [0.4, 0.5) is 8.78 Å². The van der Waals surface area contributed by atoms with Gasteiger partial charge in [-0.05, 0) is 0 Å². The van der Waals surface area contributed by atoms with Crippen LogP contribution in [0.25, 0.3) is 0 Å². The van der Waals surface area contributed by atoms with Crippen molar-refractivity contribution in [2.75, 3.05) is 26.6 Å². The second-order valence-electron chi connectivity index (χ2n) is 1.70. The highest BCUT2D eigenvalue weighted by atomic mass is 31.2. The highest BCUT2D eigenvalue weighted by Gasteiger charge is 2.27. The summed E-state index contributed by atoms with van der Waals surface area (Å²) in [5.41, 5.74) is 0. The van der Waals surface area contributed by atoms with Crippen molar-refractivity contribution in [3.8, 4) is 12.5 Å². The first-order valence-corrected chi connectivity index (χ1v) is 4.80. The van der Waals surface area contributed by atoms with Crippen LogP contribution in [0.2, 0.25) is 0 Å². The average molecular weight is 214 g/mol. The fourth-order valence-electron chi connectivity index (χ4n) is 0.447. The predicted octanol–water partition coefficient (Wildman–Crippen LogP) is 1.67. The zero-order chi connectivity index (χ0) is 10.2. The van der Waals surface area contributed by atoms with Crippen LogP contribution in [-0.2, 0) is 18.1 Å². The van der Waals surface area contributed by atoms with E-state index in [1.165, 1.54) is 0 Å². The van der Waals surface area contributed by atoms with Gasteiger partial charge in [0.15, 0.2) is 0 Å². The SMILES string of the molecule is C#COP(=O)(OCCF)OCCF. The summed E-state index contributed by atoms with van der Waals surface area (Å²) >= 11 is 0. The van der Waals surface area contributed by atoms with Gasteiger partial charge in [0, 0.05) is 0 Å². The molecule has 0 aliphatic rings. The molecule has 0 fully saturated rings. The Morgan fingerprint density at radius 3 is 2.00 bits per heavy atom. The molecule has 0 unspecified atom stereocenters. The van der Waals surface area contributed by atoms with E-state index >= 15 is 0 Å². The van der Waals surface area contributed by atoms with Gasteiger partial charge in [-0.1, -0.05) is 6.42 Å². The first-order valence-electron chi connectivity index (χ1n) is 3.33. The van der Waals surface area contributed by atoms with E-state index in [2.05, 4.69) is 20.0 Å². The molecule has 0 aliphatic carbocycles. The summed E-state index contributed by atoms with van der Waals surface area (Å²) in [6.45, 7) is -2.69. The molecule has 0 heterocycles. The van der Waals surface area contributed by atoms with Gasteiger partial charge in [0.25, 0.3) is 0 Å². The van der Waals surface area contributed by atoms with Gasteiger partial charge in [0.2, 0.25) is 0 Å². The number of rotatable bonds is 7. The summed E-state index contributed by atoms with van der Waals surface area (Å²) in [5.74, 6) is 0. The second-order valence-corrected chi connectivity index (χ2v) is 3.29. The number of phosphoric acid groups is 1. The summed E-state index contributed by atoms with van der Waals surface area (Å²) in [6.07, 6.45) is 6.23. The number of phosphoric ester groups is 1. The zero-order valence-electron chi connectivity index (χ0n) is 6.74. The Morgan fingerprint density at radius 2 is 1.69 bits per heavy atom. The number of hydrogen-bond acceptors (Lipinski definition) is 4. The van der Waals surface area contributed by atoms with Crippen molar-refractivity contribution in [3.63, 3.8) is 0 Å². The Kier molecular flexibility index (Phi) is 6.51. The molecule has 7 heteroatoms. The third-order valence-corrected chi connectivity index (χ3v) is 2.14. The molecule has 0 radical (unpaired) electrons. The first-order chi connectivity index (χ1) is 6.18. The maximum atomic E-state index is 11.6. The van der Waals surface area contributed by atoms with Crippen molar-refractivity contribution in [3.05, 3.63) is 0 Å². The lowest BCUT2D eigenvalue weighted by Crippen LogP contribution is -2.02. The van der Waals surface area contributed by atoms with Crippen molar-refractivity contribution < 1.29 is 26.9 Å².